The summed E-state index contributed by atoms with van der Waals surface area (Å²) in [6.45, 7) is 27.6. The number of hydrogen-bond donors (Lipinski definition) is 0. The first-order valence-electron chi connectivity index (χ1n) is 25.9. The van der Waals surface area contributed by atoms with Gasteiger partial charge in [0.2, 0.25) is 0 Å². The number of benzene rings is 7. The molecule has 7 radical (unpaired) electrons. The van der Waals surface area contributed by atoms with Crippen LogP contribution in [0.3, 0.4) is 0 Å². The molecule has 0 saturated heterocycles. The van der Waals surface area contributed by atoms with E-state index in [9.17, 15) is 30.7 Å². The number of alkyl halides is 6. The van der Waals surface area contributed by atoms with Crippen LogP contribution in [-0.4, -0.2) is 57.7 Å². The summed E-state index contributed by atoms with van der Waals surface area (Å²) in [6, 6.07) is 54.7. The zero-order chi connectivity index (χ0) is 63.5. The molecule has 7 rings (SSSR count). The zero-order valence-corrected chi connectivity index (χ0v) is 59.6. The summed E-state index contributed by atoms with van der Waals surface area (Å²) >= 11 is 4.92. The number of ether oxygens (including phenoxy) is 2. The molecule has 0 unspecified atom stereocenters. The number of anilines is 2. The molecule has 0 aliphatic heterocycles. The SMILES string of the molecule is [CH2-]CCN(C)c1cccc(C#N)c1.[CH2-]CCOc1cccc(C(F)(F)F)c1.[CH2-]CCSc1cccc(C#N)c1.[CH2-]CN(C)c1cccc(C#N)c1.[CH2-]COc1cccc(C(F)(F)F)c1.[CH2-]CSc1cccc(C#N)c1.[CH2-]CSc1cccc(F)c1.[Co].[Co].[Co].[Co].[Co].[Co].[Co]. The van der Waals surface area contributed by atoms with Gasteiger partial charge in [-0.05, 0) is 146 Å². The zero-order valence-electron chi connectivity index (χ0n) is 49.9. The minimum Gasteiger partial charge on any atom is -0.525 e. The van der Waals surface area contributed by atoms with Crippen LogP contribution in [0.25, 0.3) is 0 Å². The van der Waals surface area contributed by atoms with Crippen LogP contribution < -0.4 is 19.3 Å². The van der Waals surface area contributed by atoms with E-state index in [1.807, 2.05) is 110 Å². The quantitative estimate of drug-likeness (QED) is 0.0492. The third kappa shape index (κ3) is 46.0. The van der Waals surface area contributed by atoms with E-state index in [0.29, 0.717) is 36.3 Å². The summed E-state index contributed by atoms with van der Waals surface area (Å²) in [4.78, 5) is 7.28. The van der Waals surface area contributed by atoms with Gasteiger partial charge in [0, 0.05) is 158 Å². The number of halogens is 7. The van der Waals surface area contributed by atoms with Crippen molar-refractivity contribution in [2.24, 2.45) is 0 Å². The first-order chi connectivity index (χ1) is 40.7. The molecule has 0 aromatic heterocycles. The number of hydrogen-bond acceptors (Lipinski definition) is 11. The average molecular weight is 1630 g/mol. The van der Waals surface area contributed by atoms with Crippen molar-refractivity contribution < 1.29 is 158 Å². The van der Waals surface area contributed by atoms with E-state index >= 15 is 0 Å². The van der Waals surface area contributed by atoms with Crippen LogP contribution in [0.5, 0.6) is 11.5 Å². The molecule has 0 spiro atoms. The second-order valence-corrected chi connectivity index (χ2v) is 20.3. The molecule has 0 atom stereocenters. The Hall–Kier alpha value is -4.19. The minimum atomic E-state index is -4.32. The van der Waals surface area contributed by atoms with Gasteiger partial charge >= 0.3 is 12.4 Å². The van der Waals surface area contributed by atoms with Crippen LogP contribution in [0, 0.1) is 99.6 Å². The van der Waals surface area contributed by atoms with E-state index in [0.717, 1.165) is 92.5 Å². The molecule has 0 saturated carbocycles. The second kappa shape index (κ2) is 60.5. The van der Waals surface area contributed by atoms with E-state index in [-0.39, 0.29) is 141 Å². The van der Waals surface area contributed by atoms with Crippen LogP contribution in [0.1, 0.15) is 52.6 Å². The minimum absolute atomic E-state index is 0. The fourth-order valence-electron chi connectivity index (χ4n) is 6.25. The summed E-state index contributed by atoms with van der Waals surface area (Å²) < 4.78 is 95.4. The third-order valence-electron chi connectivity index (χ3n) is 10.3. The molecule has 92 heavy (non-hydrogen) atoms. The van der Waals surface area contributed by atoms with E-state index < -0.39 is 23.5 Å². The van der Waals surface area contributed by atoms with Gasteiger partial charge in [0.25, 0.3) is 0 Å². The van der Waals surface area contributed by atoms with Gasteiger partial charge in [0.15, 0.2) is 0 Å². The predicted molar refractivity (Wildman–Crippen MR) is 335 cm³/mol. The van der Waals surface area contributed by atoms with Gasteiger partial charge in [-0.15, -0.1) is 36.2 Å². The molecule has 0 aliphatic rings. The Bertz CT molecular complexity index is 3190. The van der Waals surface area contributed by atoms with Gasteiger partial charge in [0.1, 0.15) is 17.3 Å². The summed E-state index contributed by atoms with van der Waals surface area (Å²) in [5, 5.41) is 34.5. The molecule has 7 aromatic carbocycles. The number of nitriles is 4. The molecule has 8 nitrogen and oxygen atoms in total. The molecule has 0 aliphatic carbocycles. The standard InChI is InChI=1S/C11H13N2.C10H10F3O.C10H11N2.C10H10NS.C9H8F3O.C9H8NS.C8H8FS.7Co/c1-3-7-13(2)11-6-4-5-10(8-11)9-12;1-2-6-14-9-5-3-4-8(7-9)10(11,12)13;1-3-12(2)10-6-4-5-9(7-10)8-11;1-2-6-12-10-5-3-4-9(7-10)8-11;1-2-13-8-5-3-4-7(6-8)9(10,11)12;1-2-11-9-5-3-4-8(6-9)7-10;1-2-10-8-5-3-4-7(9)6-8;;;;;;;/h4-6,8H,1,3,7H2,2H3;3-5,7H,1-2,6H2;4-7H,1,3H2,2H3;3-5,7H,1-2,6H2;3-6H,1-2H2;3-6H,1-2H2;3-6H,1-2H2;;;;;;;/q7*-1;;;;;;;. The van der Waals surface area contributed by atoms with Gasteiger partial charge in [-0.3, -0.25) is 0 Å². The van der Waals surface area contributed by atoms with Crippen molar-refractivity contribution in [1.82, 2.24) is 0 Å². The molecule has 515 valence electrons. The molecular weight excluding hydrogens is 1560 g/mol. The second-order valence-electron chi connectivity index (χ2n) is 16.8. The summed E-state index contributed by atoms with van der Waals surface area (Å²) in [5.41, 5.74) is 3.53. The number of rotatable bonds is 17. The van der Waals surface area contributed by atoms with E-state index in [4.69, 9.17) is 30.5 Å². The van der Waals surface area contributed by atoms with Crippen LogP contribution >= 0.6 is 35.3 Å². The smallest absolute Gasteiger partial charge is 0.416 e. The number of nitrogens with zero attached hydrogens (tertiary/aromatic N) is 6. The molecule has 0 N–H and O–H groups in total. The fourth-order valence-corrected chi connectivity index (χ4v) is 8.24. The molecule has 0 amide bonds. The van der Waals surface area contributed by atoms with Crippen molar-refractivity contribution in [3.63, 3.8) is 0 Å². The van der Waals surface area contributed by atoms with Crippen LogP contribution in [0.15, 0.2) is 185 Å². The van der Waals surface area contributed by atoms with Gasteiger partial charge in [-0.1, -0.05) is 42.5 Å². The topological polar surface area (TPSA) is 120 Å². The Balaban J connectivity index is -0.000000181. The molecule has 0 fully saturated rings. The van der Waals surface area contributed by atoms with Gasteiger partial charge in [0.05, 0.1) is 64.3 Å². The number of thioether (sulfide) groups is 3. The van der Waals surface area contributed by atoms with Crippen molar-refractivity contribution in [1.29, 1.82) is 21.0 Å². The average Bonchev–Trinajstić information content (AvgIpc) is 3.66. The fraction of sp³-hybridized carbons (Fsp3) is 0.209. The van der Waals surface area contributed by atoms with Crippen molar-refractivity contribution in [2.75, 3.05) is 67.5 Å². The summed E-state index contributed by atoms with van der Waals surface area (Å²) in [6.07, 6.45) is -6.32. The van der Waals surface area contributed by atoms with Crippen LogP contribution in [-0.2, 0) is 130 Å². The van der Waals surface area contributed by atoms with Crippen LogP contribution in [0.2, 0.25) is 0 Å². The Kier molecular flexibility index (Phi) is 66.6. The van der Waals surface area contributed by atoms with E-state index in [1.165, 1.54) is 48.2 Å². The molecule has 7 aromatic rings. The first kappa shape index (κ1) is 101. The third-order valence-corrected chi connectivity index (χ3v) is 13.0. The van der Waals surface area contributed by atoms with Crippen molar-refractivity contribution in [2.45, 2.75) is 46.3 Å². The summed E-state index contributed by atoms with van der Waals surface area (Å²) in [5.74, 6) is 2.78. The maximum Gasteiger partial charge on any atom is 0.416 e. The Morgan fingerprint density at radius 3 is 1.15 bits per heavy atom. The molecule has 0 heterocycles. The van der Waals surface area contributed by atoms with Gasteiger partial charge in [-0.2, -0.15) is 83.8 Å². The predicted octanol–water partition coefficient (Wildman–Crippen LogP) is 18.4. The van der Waals surface area contributed by atoms with Gasteiger partial charge < -0.3 is 67.7 Å². The largest absolute Gasteiger partial charge is 0.525 e. The molecular formula is C67H68Co7F7N6O2S3-7. The monoisotopic (exact) mass is 1630 g/mol. The molecule has 25 heteroatoms. The summed E-state index contributed by atoms with van der Waals surface area (Å²) in [7, 11) is 3.95. The maximum atomic E-state index is 12.5. The van der Waals surface area contributed by atoms with Crippen molar-refractivity contribution in [3.05, 3.63) is 258 Å². The van der Waals surface area contributed by atoms with Crippen molar-refractivity contribution in [3.8, 4) is 35.8 Å². The Labute approximate surface area is 626 Å². The maximum absolute atomic E-state index is 12.5. The van der Waals surface area contributed by atoms with Gasteiger partial charge in [-0.25, -0.2) is 4.39 Å². The van der Waals surface area contributed by atoms with Crippen LogP contribution in [0.4, 0.5) is 42.1 Å². The molecule has 0 bridgehead atoms. The van der Waals surface area contributed by atoms with Crippen molar-refractivity contribution >= 4 is 46.7 Å². The van der Waals surface area contributed by atoms with E-state index in [1.54, 1.807) is 41.7 Å². The Morgan fingerprint density at radius 2 is 0.793 bits per heavy atom. The first-order valence-corrected chi connectivity index (χ1v) is 28.9. The normalized spacial score (nSPS) is 9.22. The Morgan fingerprint density at radius 1 is 0.424 bits per heavy atom. The van der Waals surface area contributed by atoms with E-state index in [2.05, 4.69) is 77.6 Å².